The Hall–Kier alpha value is -1.11. The van der Waals surface area contributed by atoms with E-state index in [4.69, 9.17) is 0 Å². The van der Waals surface area contributed by atoms with E-state index in [2.05, 4.69) is 25.1 Å². The van der Waals surface area contributed by atoms with Crippen LogP contribution < -0.4 is 0 Å². The summed E-state index contributed by atoms with van der Waals surface area (Å²) in [5.74, 6) is -0.800. The molecule has 0 amide bonds. The van der Waals surface area contributed by atoms with Gasteiger partial charge in [-0.3, -0.25) is 4.98 Å². The average molecular weight is 270 g/mol. The van der Waals surface area contributed by atoms with Crippen molar-refractivity contribution in [3.8, 4) is 0 Å². The van der Waals surface area contributed by atoms with Crippen LogP contribution in [0.15, 0.2) is 18.3 Å². The maximum absolute atomic E-state index is 12.0. The molecule has 1 aromatic heterocycles. The molecule has 76 valence electrons. The van der Waals surface area contributed by atoms with E-state index in [1.807, 2.05) is 0 Å². The van der Waals surface area contributed by atoms with Gasteiger partial charge in [0.25, 0.3) is 0 Å². The van der Waals surface area contributed by atoms with Gasteiger partial charge in [-0.15, -0.1) is 0 Å². The molecule has 0 saturated heterocycles. The minimum absolute atomic E-state index is 0.0603. The summed E-state index contributed by atoms with van der Waals surface area (Å²) < 4.78 is 40.2. The van der Waals surface area contributed by atoms with Gasteiger partial charge in [-0.2, -0.15) is 13.2 Å². The molecule has 1 rings (SSSR count). The molecule has 14 heavy (non-hydrogen) atoms. The molecule has 1 heterocycles. The zero-order valence-corrected chi connectivity index (χ0v) is 8.09. The second-order valence-electron chi connectivity index (χ2n) is 2.29. The highest BCUT2D eigenvalue weighted by atomic mass is 79.9. The fraction of sp³-hybridized carbons (Fsp3) is 0.143. The molecule has 0 unspecified atom stereocenters. The Balaban J connectivity index is 2.95. The standard InChI is InChI=1S/C7H3BrF3NO2/c8-14-6(13)4-1-2-5(12-3-4)7(9,10)11/h1-3H. The lowest BCUT2D eigenvalue weighted by atomic mass is 10.2. The van der Waals surface area contributed by atoms with Gasteiger partial charge in [0.15, 0.2) is 16.3 Å². The number of hydrogen-bond donors (Lipinski definition) is 0. The summed E-state index contributed by atoms with van der Waals surface area (Å²) in [5, 5.41) is 0. The van der Waals surface area contributed by atoms with E-state index in [0.29, 0.717) is 6.07 Å². The Labute approximate surface area is 85.3 Å². The number of carbonyl (C=O) groups is 1. The molecule has 0 fully saturated rings. The van der Waals surface area contributed by atoms with Gasteiger partial charge >= 0.3 is 12.1 Å². The molecule has 0 aliphatic heterocycles. The third-order valence-corrected chi connectivity index (χ3v) is 1.65. The molecule has 0 saturated carbocycles. The molecule has 3 nitrogen and oxygen atoms in total. The van der Waals surface area contributed by atoms with Crippen LogP contribution in [0.1, 0.15) is 16.1 Å². The zero-order chi connectivity index (χ0) is 10.8. The number of carbonyl (C=O) groups excluding carboxylic acids is 1. The SMILES string of the molecule is O=C(OBr)c1ccc(C(F)(F)F)nc1. The van der Waals surface area contributed by atoms with Gasteiger partial charge in [-0.1, -0.05) is 0 Å². The van der Waals surface area contributed by atoms with Crippen LogP contribution in [-0.4, -0.2) is 11.0 Å². The van der Waals surface area contributed by atoms with Gasteiger partial charge in [0.05, 0.1) is 5.56 Å². The van der Waals surface area contributed by atoms with Crippen molar-refractivity contribution >= 4 is 22.2 Å². The van der Waals surface area contributed by atoms with Crippen LogP contribution in [0.3, 0.4) is 0 Å². The predicted molar refractivity (Wildman–Crippen MR) is 43.6 cm³/mol. The molecule has 0 N–H and O–H groups in total. The lowest BCUT2D eigenvalue weighted by Crippen LogP contribution is -2.09. The Bertz CT molecular complexity index is 336. The summed E-state index contributed by atoms with van der Waals surface area (Å²) in [7, 11) is 0. The fourth-order valence-electron chi connectivity index (χ4n) is 0.727. The number of alkyl halides is 3. The number of pyridine rings is 1. The molecule has 7 heteroatoms. The highest BCUT2D eigenvalue weighted by Crippen LogP contribution is 2.27. The monoisotopic (exact) mass is 269 g/mol. The summed E-state index contributed by atoms with van der Waals surface area (Å²) in [5.41, 5.74) is -1.11. The second kappa shape index (κ2) is 3.95. The zero-order valence-electron chi connectivity index (χ0n) is 6.51. The lowest BCUT2D eigenvalue weighted by molar-refractivity contribution is -0.141. The fourth-order valence-corrected chi connectivity index (χ4v) is 0.914. The Morgan fingerprint density at radius 1 is 1.43 bits per heavy atom. The average Bonchev–Trinajstić information content (AvgIpc) is 2.15. The Morgan fingerprint density at radius 3 is 2.43 bits per heavy atom. The summed E-state index contributed by atoms with van der Waals surface area (Å²) in [6.45, 7) is 0. The van der Waals surface area contributed by atoms with Crippen molar-refractivity contribution in [2.45, 2.75) is 6.18 Å². The number of hydrogen-bond acceptors (Lipinski definition) is 3. The van der Waals surface area contributed by atoms with Gasteiger partial charge in [0.1, 0.15) is 5.69 Å². The van der Waals surface area contributed by atoms with Crippen molar-refractivity contribution in [2.24, 2.45) is 0 Å². The van der Waals surface area contributed by atoms with Crippen molar-refractivity contribution in [1.82, 2.24) is 4.98 Å². The van der Waals surface area contributed by atoms with E-state index in [1.165, 1.54) is 0 Å². The first-order valence-electron chi connectivity index (χ1n) is 3.31. The van der Waals surface area contributed by atoms with Crippen LogP contribution in [-0.2, 0) is 10.0 Å². The van der Waals surface area contributed by atoms with Crippen molar-refractivity contribution in [3.63, 3.8) is 0 Å². The number of nitrogens with zero attached hydrogens (tertiary/aromatic N) is 1. The minimum Gasteiger partial charge on any atom is -0.380 e. The topological polar surface area (TPSA) is 39.2 Å². The van der Waals surface area contributed by atoms with Crippen molar-refractivity contribution < 1.29 is 21.8 Å². The molecule has 0 bridgehead atoms. The molecule has 0 radical (unpaired) electrons. The molecule has 0 atom stereocenters. The third kappa shape index (κ3) is 2.44. The van der Waals surface area contributed by atoms with E-state index in [9.17, 15) is 18.0 Å². The molecule has 0 aromatic carbocycles. The smallest absolute Gasteiger partial charge is 0.380 e. The van der Waals surface area contributed by atoms with Crippen LogP contribution in [0.25, 0.3) is 0 Å². The van der Waals surface area contributed by atoms with Gasteiger partial charge in [-0.25, -0.2) is 4.79 Å². The molecule has 0 spiro atoms. The second-order valence-corrected chi connectivity index (χ2v) is 2.62. The highest BCUT2D eigenvalue weighted by molar-refractivity contribution is 9.06. The van der Waals surface area contributed by atoms with Crippen LogP contribution in [0.2, 0.25) is 0 Å². The Morgan fingerprint density at radius 2 is 2.07 bits per heavy atom. The summed E-state index contributed by atoms with van der Waals surface area (Å²) in [6.07, 6.45) is -3.71. The maximum atomic E-state index is 12.0. The van der Waals surface area contributed by atoms with Crippen LogP contribution in [0.4, 0.5) is 13.2 Å². The molecule has 0 aliphatic carbocycles. The first-order chi connectivity index (χ1) is 6.45. The Kier molecular flexibility index (Phi) is 3.10. The maximum Gasteiger partial charge on any atom is 0.433 e. The molecule has 0 aliphatic rings. The van der Waals surface area contributed by atoms with E-state index in [0.717, 1.165) is 12.3 Å². The first kappa shape index (κ1) is 11.0. The van der Waals surface area contributed by atoms with Crippen molar-refractivity contribution in [3.05, 3.63) is 29.6 Å². The van der Waals surface area contributed by atoms with Gasteiger partial charge in [-0.05, 0) is 12.1 Å². The summed E-state index contributed by atoms with van der Waals surface area (Å²) in [6, 6.07) is 1.69. The van der Waals surface area contributed by atoms with Gasteiger partial charge in [0.2, 0.25) is 0 Å². The van der Waals surface area contributed by atoms with Gasteiger partial charge in [0, 0.05) is 6.20 Å². The van der Waals surface area contributed by atoms with E-state index >= 15 is 0 Å². The lowest BCUT2D eigenvalue weighted by Gasteiger charge is -2.04. The van der Waals surface area contributed by atoms with E-state index < -0.39 is 17.8 Å². The van der Waals surface area contributed by atoms with Gasteiger partial charge < -0.3 is 3.83 Å². The van der Waals surface area contributed by atoms with E-state index in [1.54, 1.807) is 0 Å². The van der Waals surface area contributed by atoms with Crippen LogP contribution in [0, 0.1) is 0 Å². The number of aromatic nitrogens is 1. The van der Waals surface area contributed by atoms with Crippen molar-refractivity contribution in [1.29, 1.82) is 0 Å². The normalized spacial score (nSPS) is 11.1. The summed E-state index contributed by atoms with van der Waals surface area (Å²) in [4.78, 5) is 13.9. The van der Waals surface area contributed by atoms with Crippen molar-refractivity contribution in [2.75, 3.05) is 0 Å². The molecular formula is C7H3BrF3NO2. The molecule has 1 aromatic rings. The minimum atomic E-state index is -4.50. The number of halogens is 4. The van der Waals surface area contributed by atoms with E-state index in [-0.39, 0.29) is 5.56 Å². The first-order valence-corrected chi connectivity index (χ1v) is 3.96. The number of rotatable bonds is 1. The quantitative estimate of drug-likeness (QED) is 0.787. The van der Waals surface area contributed by atoms with Crippen LogP contribution in [0.5, 0.6) is 0 Å². The summed E-state index contributed by atoms with van der Waals surface area (Å²) >= 11 is 2.41. The molecular weight excluding hydrogens is 267 g/mol. The highest BCUT2D eigenvalue weighted by Gasteiger charge is 2.32. The van der Waals surface area contributed by atoms with Crippen LogP contribution >= 0.6 is 16.3 Å². The third-order valence-electron chi connectivity index (χ3n) is 1.36. The predicted octanol–water partition coefficient (Wildman–Crippen LogP) is 2.57. The largest absolute Gasteiger partial charge is 0.433 e.